The molecule has 0 heterocycles. The molecule has 142 valence electrons. The first-order chi connectivity index (χ1) is 11.6. The molecule has 2 atom stereocenters. The first-order valence-corrected chi connectivity index (χ1v) is 8.46. The zero-order valence-corrected chi connectivity index (χ0v) is 14.3. The minimum absolute atomic E-state index is 0.00827. The molecule has 0 spiro atoms. The largest absolute Gasteiger partial charge is 0.480 e. The summed E-state index contributed by atoms with van der Waals surface area (Å²) in [5.41, 5.74) is 10.5. The second-order valence-electron chi connectivity index (χ2n) is 5.07. The molecule has 0 radical (unpaired) electrons. The van der Waals surface area contributed by atoms with Crippen molar-refractivity contribution in [2.24, 2.45) is 11.5 Å². The molecule has 9 N–H and O–H groups in total. The van der Waals surface area contributed by atoms with Gasteiger partial charge in [0.1, 0.15) is 18.6 Å². The van der Waals surface area contributed by atoms with Crippen LogP contribution in [0.5, 0.6) is 0 Å². The minimum Gasteiger partial charge on any atom is -0.480 e. The van der Waals surface area contributed by atoms with Gasteiger partial charge in [-0.25, -0.2) is 0 Å². The molecule has 0 unspecified atom stereocenters. The van der Waals surface area contributed by atoms with E-state index < -0.39 is 42.4 Å². The predicted octanol–water partition coefficient (Wildman–Crippen LogP) is -2.08. The van der Waals surface area contributed by atoms with Gasteiger partial charge < -0.3 is 32.3 Å². The molecule has 0 aliphatic rings. The van der Waals surface area contributed by atoms with Crippen LogP contribution in [0.4, 0.5) is 0 Å². The quantitative estimate of drug-likeness (QED) is 0.106. The summed E-state index contributed by atoms with van der Waals surface area (Å²) in [6.45, 7) is -0.590. The number of carbonyl (C=O) groups excluding carboxylic acids is 2. The normalized spacial score (nSPS) is 12.7. The van der Waals surface area contributed by atoms with Crippen LogP contribution in [0.15, 0.2) is 0 Å². The van der Waals surface area contributed by atoms with Crippen molar-refractivity contribution in [2.75, 3.05) is 18.1 Å². The van der Waals surface area contributed by atoms with Gasteiger partial charge in [0.15, 0.2) is 0 Å². The van der Waals surface area contributed by atoms with Gasteiger partial charge in [-0.05, 0) is 6.42 Å². The van der Waals surface area contributed by atoms with Crippen LogP contribution in [0.3, 0.4) is 0 Å². The molecule has 0 rings (SSSR count). The average molecular weight is 377 g/mol. The molecule has 0 saturated heterocycles. The maximum atomic E-state index is 12.0. The molecule has 12 heteroatoms. The van der Waals surface area contributed by atoms with E-state index in [-0.39, 0.29) is 24.4 Å². The fraction of sp³-hybridized carbons (Fsp3) is 0.615. The summed E-state index contributed by atoms with van der Waals surface area (Å²) in [6.07, 6.45) is 0.0337. The molecule has 0 bridgehead atoms. The van der Waals surface area contributed by atoms with Gasteiger partial charge in [-0.1, -0.05) is 0 Å². The van der Waals surface area contributed by atoms with Crippen molar-refractivity contribution in [1.29, 1.82) is 5.41 Å². The molecule has 25 heavy (non-hydrogen) atoms. The third kappa shape index (κ3) is 11.8. The van der Waals surface area contributed by atoms with Gasteiger partial charge in [0.05, 0.1) is 5.84 Å². The summed E-state index contributed by atoms with van der Waals surface area (Å²) in [4.78, 5) is 44.9. The van der Waals surface area contributed by atoms with Crippen molar-refractivity contribution in [3.63, 3.8) is 0 Å². The Balaban J connectivity index is 4.55. The fourth-order valence-electron chi connectivity index (χ4n) is 1.53. The molecule has 0 aliphatic heterocycles. The van der Waals surface area contributed by atoms with E-state index in [0.29, 0.717) is 12.2 Å². The number of hydrogen-bond donors (Lipinski definition) is 7. The van der Waals surface area contributed by atoms with E-state index in [9.17, 15) is 19.2 Å². The Kier molecular flexibility index (Phi) is 11.0. The highest BCUT2D eigenvalue weighted by molar-refractivity contribution is 7.99. The lowest BCUT2D eigenvalue weighted by Gasteiger charge is -2.18. The number of nitrogens with one attached hydrogen (secondary N) is 3. The summed E-state index contributed by atoms with van der Waals surface area (Å²) in [5, 5.41) is 29.0. The summed E-state index contributed by atoms with van der Waals surface area (Å²) >= 11 is 1.26. The minimum atomic E-state index is -1.23. The molecule has 0 saturated carbocycles. The van der Waals surface area contributed by atoms with Crippen LogP contribution in [0.1, 0.15) is 19.3 Å². The number of rotatable bonds is 13. The summed E-state index contributed by atoms with van der Waals surface area (Å²) in [6, 6.07) is -2.18. The van der Waals surface area contributed by atoms with Crippen LogP contribution in [-0.4, -0.2) is 69.9 Å². The first kappa shape index (κ1) is 22.7. The van der Waals surface area contributed by atoms with Crippen LogP contribution in [-0.2, 0) is 19.2 Å². The highest BCUT2D eigenvalue weighted by atomic mass is 32.2. The number of thioether (sulfide) groups is 1. The number of carbonyl (C=O) groups is 4. The molecule has 11 nitrogen and oxygen atoms in total. The van der Waals surface area contributed by atoms with E-state index in [1.165, 1.54) is 11.8 Å². The van der Waals surface area contributed by atoms with Gasteiger partial charge in [0.25, 0.3) is 0 Å². The Bertz CT molecular complexity index is 515. The number of nitrogens with two attached hydrogens (primary N) is 2. The van der Waals surface area contributed by atoms with E-state index in [1.807, 2.05) is 0 Å². The van der Waals surface area contributed by atoms with Crippen LogP contribution >= 0.6 is 11.8 Å². The van der Waals surface area contributed by atoms with Crippen molar-refractivity contribution < 1.29 is 29.4 Å². The highest BCUT2D eigenvalue weighted by Crippen LogP contribution is 2.06. The van der Waals surface area contributed by atoms with Gasteiger partial charge in [-0.2, -0.15) is 11.8 Å². The Labute approximate surface area is 148 Å². The van der Waals surface area contributed by atoms with Crippen molar-refractivity contribution in [3.8, 4) is 0 Å². The third-order valence-electron chi connectivity index (χ3n) is 2.87. The molecular weight excluding hydrogens is 354 g/mol. The Morgan fingerprint density at radius 1 is 1.16 bits per heavy atom. The fourth-order valence-corrected chi connectivity index (χ4v) is 2.53. The van der Waals surface area contributed by atoms with Crippen molar-refractivity contribution in [3.05, 3.63) is 0 Å². The lowest BCUT2D eigenvalue weighted by atomic mass is 10.1. The van der Waals surface area contributed by atoms with E-state index >= 15 is 0 Å². The van der Waals surface area contributed by atoms with E-state index in [2.05, 4.69) is 10.6 Å². The number of amides is 2. The molecule has 0 aromatic rings. The lowest BCUT2D eigenvalue weighted by molar-refractivity contribution is -0.139. The van der Waals surface area contributed by atoms with Gasteiger partial charge in [0.2, 0.25) is 11.8 Å². The predicted molar refractivity (Wildman–Crippen MR) is 91.3 cm³/mol. The molecule has 0 aromatic heterocycles. The van der Waals surface area contributed by atoms with Crippen molar-refractivity contribution in [1.82, 2.24) is 10.6 Å². The second kappa shape index (κ2) is 12.1. The van der Waals surface area contributed by atoms with Crippen molar-refractivity contribution in [2.45, 2.75) is 31.3 Å². The Morgan fingerprint density at radius 2 is 1.80 bits per heavy atom. The molecule has 2 amide bonds. The average Bonchev–Trinajstić information content (AvgIpc) is 2.52. The van der Waals surface area contributed by atoms with Gasteiger partial charge >= 0.3 is 11.9 Å². The molecule has 0 fully saturated rings. The van der Waals surface area contributed by atoms with Crippen LogP contribution in [0.2, 0.25) is 0 Å². The van der Waals surface area contributed by atoms with Crippen LogP contribution in [0, 0.1) is 5.41 Å². The van der Waals surface area contributed by atoms with Crippen molar-refractivity contribution >= 4 is 41.4 Å². The number of aliphatic carboxylic acids is 2. The van der Waals surface area contributed by atoms with Gasteiger partial charge in [-0.3, -0.25) is 24.6 Å². The monoisotopic (exact) mass is 377 g/mol. The maximum Gasteiger partial charge on any atom is 0.322 e. The van der Waals surface area contributed by atoms with E-state index in [0.717, 1.165) is 0 Å². The molecule has 0 aromatic carbocycles. The number of carboxylic acids is 2. The standard InChI is InChI=1S/C13H23N5O6S/c14-7(13(23)24)1-2-10(19)18-8(6-25-4-3-9(15)16)12(22)17-5-11(20)21/h7-8H,1-6,14H2,(H3,15,16)(H,17,22)(H,18,19)(H,20,21)(H,23,24)/t7-,8-/m0/s1. The van der Waals surface area contributed by atoms with Gasteiger partial charge in [0, 0.05) is 24.3 Å². The second-order valence-corrected chi connectivity index (χ2v) is 6.22. The SMILES string of the molecule is N=C(N)CCSC[C@H](NC(=O)CC[C@H](N)C(=O)O)C(=O)NCC(=O)O. The van der Waals surface area contributed by atoms with Crippen LogP contribution < -0.4 is 22.1 Å². The molecule has 0 aliphatic carbocycles. The Morgan fingerprint density at radius 3 is 2.32 bits per heavy atom. The zero-order chi connectivity index (χ0) is 19.4. The highest BCUT2D eigenvalue weighted by Gasteiger charge is 2.22. The van der Waals surface area contributed by atoms with E-state index in [4.69, 9.17) is 27.1 Å². The summed E-state index contributed by atoms with van der Waals surface area (Å²) in [7, 11) is 0. The van der Waals surface area contributed by atoms with Crippen LogP contribution in [0.25, 0.3) is 0 Å². The number of hydrogen-bond acceptors (Lipinski definition) is 7. The lowest BCUT2D eigenvalue weighted by Crippen LogP contribution is -2.49. The first-order valence-electron chi connectivity index (χ1n) is 7.31. The van der Waals surface area contributed by atoms with Gasteiger partial charge in [-0.15, -0.1) is 0 Å². The third-order valence-corrected chi connectivity index (χ3v) is 3.93. The summed E-state index contributed by atoms with van der Waals surface area (Å²) < 4.78 is 0. The Hall–Kier alpha value is -2.34. The topological polar surface area (TPSA) is 209 Å². The summed E-state index contributed by atoms with van der Waals surface area (Å²) in [5.74, 6) is -3.11. The number of carboxylic acid groups (broad SMARTS) is 2. The smallest absolute Gasteiger partial charge is 0.322 e. The number of amidine groups is 1. The zero-order valence-electron chi connectivity index (χ0n) is 13.5. The maximum absolute atomic E-state index is 12.0. The van der Waals surface area contributed by atoms with E-state index in [1.54, 1.807) is 0 Å². The molecular formula is C13H23N5O6S.